The van der Waals surface area contributed by atoms with Crippen LogP contribution in [0, 0.1) is 11.6 Å². The van der Waals surface area contributed by atoms with Crippen molar-refractivity contribution in [1.29, 1.82) is 0 Å². The molecule has 0 unspecified atom stereocenters. The fraction of sp³-hybridized carbons (Fsp3) is 0.350. The second-order valence-corrected chi connectivity index (χ2v) is 7.37. The van der Waals surface area contributed by atoms with Crippen molar-refractivity contribution >= 4 is 11.8 Å². The number of hydrogen-bond acceptors (Lipinski definition) is 4. The van der Waals surface area contributed by atoms with E-state index in [2.05, 4.69) is 5.32 Å². The number of aromatic hydroxyl groups is 1. The molecule has 0 aliphatic carbocycles. The van der Waals surface area contributed by atoms with E-state index in [1.807, 2.05) is 0 Å². The van der Waals surface area contributed by atoms with Crippen molar-refractivity contribution in [2.24, 2.45) is 0 Å². The first-order valence-electron chi connectivity index (χ1n) is 9.41. The lowest BCUT2D eigenvalue weighted by Crippen LogP contribution is -2.46. The maximum absolute atomic E-state index is 14.6. The molecule has 2 bridgehead atoms. The van der Waals surface area contributed by atoms with Gasteiger partial charge in [-0.2, -0.15) is 0 Å². The largest absolute Gasteiger partial charge is 0.503 e. The number of carbonyl (C=O) groups excluding carboxylic acids is 2. The lowest BCUT2D eigenvalue weighted by molar-refractivity contribution is 0.0645. The molecule has 3 heterocycles. The van der Waals surface area contributed by atoms with Gasteiger partial charge in [-0.1, -0.05) is 6.07 Å². The number of fused-ring (bicyclic) bond motifs is 4. The van der Waals surface area contributed by atoms with Gasteiger partial charge in [-0.25, -0.2) is 13.2 Å². The normalized spacial score (nSPS) is 20.5. The van der Waals surface area contributed by atoms with Gasteiger partial charge in [0.1, 0.15) is 23.4 Å². The Hall–Kier alpha value is -3.30. The Bertz CT molecular complexity index is 1100. The summed E-state index contributed by atoms with van der Waals surface area (Å²) in [4.78, 5) is 39.1. The number of amides is 2. The molecule has 1 saturated heterocycles. The molecular formula is C20H18F3N3O4. The number of hydrogen-bond donors (Lipinski definition) is 2. The summed E-state index contributed by atoms with van der Waals surface area (Å²) in [6.07, 6.45) is 0.380. The Morgan fingerprint density at radius 3 is 2.77 bits per heavy atom. The molecule has 0 saturated carbocycles. The molecule has 30 heavy (non-hydrogen) atoms. The molecule has 10 heteroatoms. The van der Waals surface area contributed by atoms with Crippen molar-refractivity contribution in [3.05, 3.63) is 63.1 Å². The van der Waals surface area contributed by atoms with Crippen LogP contribution in [0.1, 0.15) is 45.3 Å². The van der Waals surface area contributed by atoms with E-state index in [0.29, 0.717) is 19.0 Å². The van der Waals surface area contributed by atoms with Gasteiger partial charge in [0, 0.05) is 37.5 Å². The Balaban J connectivity index is 1.68. The summed E-state index contributed by atoms with van der Waals surface area (Å²) in [5.74, 6) is -4.11. The molecule has 0 spiro atoms. The molecule has 2 aromatic rings. The van der Waals surface area contributed by atoms with Crippen molar-refractivity contribution in [3.8, 4) is 5.75 Å². The van der Waals surface area contributed by atoms with Crippen LogP contribution >= 0.6 is 0 Å². The van der Waals surface area contributed by atoms with Crippen LogP contribution in [-0.4, -0.2) is 45.6 Å². The average Bonchev–Trinajstić information content (AvgIpc) is 2.87. The zero-order chi connectivity index (χ0) is 21.6. The number of halogens is 3. The minimum Gasteiger partial charge on any atom is -0.503 e. The maximum Gasteiger partial charge on any atom is 0.274 e. The number of benzene rings is 1. The van der Waals surface area contributed by atoms with Crippen LogP contribution in [0.5, 0.6) is 5.75 Å². The second-order valence-electron chi connectivity index (χ2n) is 7.37. The van der Waals surface area contributed by atoms with E-state index in [1.165, 1.54) is 4.90 Å². The first-order valence-corrected chi connectivity index (χ1v) is 9.41. The Morgan fingerprint density at radius 2 is 2.03 bits per heavy atom. The highest BCUT2D eigenvalue weighted by Gasteiger charge is 2.40. The first-order chi connectivity index (χ1) is 14.3. The van der Waals surface area contributed by atoms with E-state index in [-0.39, 0.29) is 30.8 Å². The predicted molar refractivity (Wildman–Crippen MR) is 99.0 cm³/mol. The van der Waals surface area contributed by atoms with Gasteiger partial charge >= 0.3 is 0 Å². The number of carbonyl (C=O) groups is 2. The molecule has 2 aliphatic rings. The molecule has 0 radical (unpaired) electrons. The highest BCUT2D eigenvalue weighted by atomic mass is 19.1. The van der Waals surface area contributed by atoms with Crippen molar-refractivity contribution < 1.29 is 27.9 Å². The number of nitrogens with one attached hydrogen (secondary N) is 1. The maximum atomic E-state index is 14.6. The van der Waals surface area contributed by atoms with Crippen LogP contribution in [-0.2, 0) is 6.54 Å². The van der Waals surface area contributed by atoms with Gasteiger partial charge < -0.3 is 19.9 Å². The first kappa shape index (κ1) is 20.0. The summed E-state index contributed by atoms with van der Waals surface area (Å²) in [6, 6.07) is 1.99. The van der Waals surface area contributed by atoms with Gasteiger partial charge in [-0.15, -0.1) is 0 Å². The van der Waals surface area contributed by atoms with E-state index in [9.17, 15) is 32.7 Å². The summed E-state index contributed by atoms with van der Waals surface area (Å²) in [7, 11) is 0. The van der Waals surface area contributed by atoms with Gasteiger partial charge in [-0.3, -0.25) is 14.4 Å². The zero-order valence-corrected chi connectivity index (χ0v) is 15.7. The van der Waals surface area contributed by atoms with Crippen molar-refractivity contribution in [3.63, 3.8) is 0 Å². The van der Waals surface area contributed by atoms with Gasteiger partial charge in [0.15, 0.2) is 11.4 Å². The summed E-state index contributed by atoms with van der Waals surface area (Å²) < 4.78 is 42.6. The monoisotopic (exact) mass is 421 g/mol. The SMILES string of the molecule is O=C(NCc1ccc(F)cc1F)c1cn2c(c(O)c1=O)C(=O)N1CCC[C@@H](F)[C@@H]2C1. The molecule has 7 nitrogen and oxygen atoms in total. The molecule has 1 fully saturated rings. The molecule has 1 aromatic heterocycles. The molecule has 2 atom stereocenters. The van der Waals surface area contributed by atoms with Gasteiger partial charge in [0.2, 0.25) is 5.43 Å². The number of rotatable bonds is 3. The Kier molecular flexibility index (Phi) is 5.00. The Morgan fingerprint density at radius 1 is 1.27 bits per heavy atom. The van der Waals surface area contributed by atoms with Crippen LogP contribution in [0.15, 0.2) is 29.2 Å². The minimum absolute atomic E-state index is 0.00885. The molecule has 158 valence electrons. The van der Waals surface area contributed by atoms with Gasteiger partial charge in [0.25, 0.3) is 11.8 Å². The highest BCUT2D eigenvalue weighted by Crippen LogP contribution is 2.33. The van der Waals surface area contributed by atoms with E-state index in [0.717, 1.165) is 22.9 Å². The molecule has 1 aromatic carbocycles. The van der Waals surface area contributed by atoms with Crippen LogP contribution in [0.25, 0.3) is 0 Å². The average molecular weight is 421 g/mol. The predicted octanol–water partition coefficient (Wildman–Crippen LogP) is 1.89. The van der Waals surface area contributed by atoms with Crippen molar-refractivity contribution in [1.82, 2.24) is 14.8 Å². The van der Waals surface area contributed by atoms with E-state index >= 15 is 0 Å². The van der Waals surface area contributed by atoms with E-state index in [1.54, 1.807) is 0 Å². The third-order valence-corrected chi connectivity index (χ3v) is 5.49. The fourth-order valence-electron chi connectivity index (χ4n) is 3.89. The third-order valence-electron chi connectivity index (χ3n) is 5.49. The van der Waals surface area contributed by atoms with Crippen molar-refractivity contribution in [2.75, 3.05) is 13.1 Å². The van der Waals surface area contributed by atoms with Crippen molar-refractivity contribution in [2.45, 2.75) is 31.6 Å². The van der Waals surface area contributed by atoms with Gasteiger partial charge in [0.05, 0.1) is 6.04 Å². The highest BCUT2D eigenvalue weighted by molar-refractivity contribution is 5.99. The van der Waals surface area contributed by atoms with Crippen LogP contribution in [0.3, 0.4) is 0 Å². The lowest BCUT2D eigenvalue weighted by atomic mass is 10.0. The summed E-state index contributed by atoms with van der Waals surface area (Å²) in [5, 5.41) is 12.7. The summed E-state index contributed by atoms with van der Waals surface area (Å²) >= 11 is 0. The lowest BCUT2D eigenvalue weighted by Gasteiger charge is -2.35. The zero-order valence-electron chi connectivity index (χ0n) is 15.7. The molecule has 2 N–H and O–H groups in total. The number of alkyl halides is 1. The Labute approximate surface area is 168 Å². The molecular weight excluding hydrogens is 403 g/mol. The molecule has 2 aliphatic heterocycles. The van der Waals surface area contributed by atoms with Crippen LogP contribution in [0.4, 0.5) is 13.2 Å². The fourth-order valence-corrected chi connectivity index (χ4v) is 3.89. The summed E-state index contributed by atoms with van der Waals surface area (Å²) in [5.41, 5.74) is -1.94. The molecule has 4 rings (SSSR count). The molecule has 2 amide bonds. The number of aromatic nitrogens is 1. The summed E-state index contributed by atoms with van der Waals surface area (Å²) in [6.45, 7) is 0.0424. The van der Waals surface area contributed by atoms with Crippen LogP contribution < -0.4 is 10.7 Å². The van der Waals surface area contributed by atoms with Gasteiger partial charge in [-0.05, 0) is 18.9 Å². The van der Waals surface area contributed by atoms with E-state index < -0.39 is 52.4 Å². The number of nitrogens with zero attached hydrogens (tertiary/aromatic N) is 2. The standard InChI is InChI=1S/C20H18F3N3O4/c21-11-4-3-10(14(23)6-11)7-24-19(29)12-8-26-15-9-25(5-1-2-13(15)22)20(30)16(26)18(28)17(12)27/h3-4,6,8,13,15,28H,1-2,5,7,9H2,(H,24,29)/t13-,15+/m1/s1. The van der Waals surface area contributed by atoms with E-state index in [4.69, 9.17) is 0 Å². The minimum atomic E-state index is -1.33. The van der Waals surface area contributed by atoms with Crippen LogP contribution in [0.2, 0.25) is 0 Å². The smallest absolute Gasteiger partial charge is 0.274 e. The number of pyridine rings is 1. The topological polar surface area (TPSA) is 91.6 Å². The quantitative estimate of drug-likeness (QED) is 0.792. The third kappa shape index (κ3) is 3.31. The second kappa shape index (κ2) is 7.51.